The minimum Gasteiger partial charge on any atom is -0.444 e. The minimum atomic E-state index is -3.20. The van der Waals surface area contributed by atoms with E-state index in [0.29, 0.717) is 43.2 Å². The predicted molar refractivity (Wildman–Crippen MR) is 129 cm³/mol. The number of aromatic nitrogens is 2. The van der Waals surface area contributed by atoms with Gasteiger partial charge in [-0.05, 0) is 56.9 Å². The van der Waals surface area contributed by atoms with Crippen LogP contribution in [0.3, 0.4) is 0 Å². The number of anilines is 2. The fourth-order valence-electron chi connectivity index (χ4n) is 3.35. The predicted octanol–water partition coefficient (Wildman–Crippen LogP) is 3.14. The lowest BCUT2D eigenvalue weighted by atomic mass is 10.0. The molecule has 3 rings (SSSR count). The second kappa shape index (κ2) is 9.78. The van der Waals surface area contributed by atoms with E-state index in [0.717, 1.165) is 16.8 Å². The molecule has 0 bridgehead atoms. The second-order valence-corrected chi connectivity index (χ2v) is 11.0. The van der Waals surface area contributed by atoms with E-state index in [1.807, 2.05) is 32.9 Å². The molecule has 2 heterocycles. The van der Waals surface area contributed by atoms with Gasteiger partial charge in [0.15, 0.2) is 9.84 Å². The van der Waals surface area contributed by atoms with E-state index in [1.165, 1.54) is 6.26 Å². The molecule has 1 aromatic carbocycles. The highest BCUT2D eigenvalue weighted by molar-refractivity contribution is 7.90. The van der Waals surface area contributed by atoms with E-state index in [-0.39, 0.29) is 12.0 Å². The monoisotopic (exact) mass is 473 g/mol. The highest BCUT2D eigenvalue weighted by Gasteiger charge is 2.24. The van der Waals surface area contributed by atoms with Crippen molar-refractivity contribution in [2.45, 2.75) is 44.1 Å². The van der Waals surface area contributed by atoms with Gasteiger partial charge in [-0.25, -0.2) is 18.2 Å². The van der Waals surface area contributed by atoms with E-state index in [9.17, 15) is 13.2 Å². The molecule has 1 aliphatic heterocycles. The number of hydrogen-bond acceptors (Lipinski definition) is 8. The molecule has 1 aliphatic rings. The molecular weight excluding hydrogens is 442 g/mol. The lowest BCUT2D eigenvalue weighted by Crippen LogP contribution is -2.39. The van der Waals surface area contributed by atoms with E-state index in [1.54, 1.807) is 29.2 Å². The molecule has 0 saturated heterocycles. The Morgan fingerprint density at radius 2 is 1.91 bits per heavy atom. The van der Waals surface area contributed by atoms with Crippen LogP contribution in [0.5, 0.6) is 0 Å². The van der Waals surface area contributed by atoms with Crippen molar-refractivity contribution in [1.29, 1.82) is 0 Å². The Balaban J connectivity index is 1.60. The van der Waals surface area contributed by atoms with Gasteiger partial charge in [0, 0.05) is 32.0 Å². The molecule has 1 aromatic heterocycles. The summed E-state index contributed by atoms with van der Waals surface area (Å²) in [4.78, 5) is 22.8. The number of nitrogens with two attached hydrogens (primary N) is 1. The van der Waals surface area contributed by atoms with E-state index in [4.69, 9.17) is 10.5 Å². The molecule has 33 heavy (non-hydrogen) atoms. The zero-order valence-electron chi connectivity index (χ0n) is 19.5. The van der Waals surface area contributed by atoms with E-state index < -0.39 is 15.4 Å². The number of nitrogens with one attached hydrogen (secondary N) is 1. The summed E-state index contributed by atoms with van der Waals surface area (Å²) < 4.78 is 28.6. The molecule has 0 aliphatic carbocycles. The molecule has 0 spiro atoms. The molecule has 3 N–H and O–H groups in total. The number of sulfone groups is 1. The largest absolute Gasteiger partial charge is 0.444 e. The Labute approximate surface area is 195 Å². The second-order valence-electron chi connectivity index (χ2n) is 9.00. The first-order valence-electron chi connectivity index (χ1n) is 10.8. The van der Waals surface area contributed by atoms with Crippen molar-refractivity contribution >= 4 is 33.3 Å². The zero-order chi connectivity index (χ0) is 24.2. The summed E-state index contributed by atoms with van der Waals surface area (Å²) in [5, 5.41) is 3.25. The summed E-state index contributed by atoms with van der Waals surface area (Å²) in [5.74, 6) is 0.781. The van der Waals surface area contributed by atoms with Crippen LogP contribution in [0.25, 0.3) is 5.57 Å². The van der Waals surface area contributed by atoms with Crippen molar-refractivity contribution in [2.75, 3.05) is 36.9 Å². The quantitative estimate of drug-likeness (QED) is 0.655. The maximum absolute atomic E-state index is 12.3. The van der Waals surface area contributed by atoms with Gasteiger partial charge in [-0.15, -0.1) is 0 Å². The summed E-state index contributed by atoms with van der Waals surface area (Å²) in [6.07, 6.45) is 4.16. The van der Waals surface area contributed by atoms with Gasteiger partial charge in [-0.2, -0.15) is 4.98 Å². The van der Waals surface area contributed by atoms with Crippen molar-refractivity contribution in [3.63, 3.8) is 0 Å². The first-order valence-corrected chi connectivity index (χ1v) is 12.6. The van der Waals surface area contributed by atoms with Crippen LogP contribution >= 0.6 is 0 Å². The Morgan fingerprint density at radius 3 is 2.48 bits per heavy atom. The molecule has 10 heteroatoms. The highest BCUT2D eigenvalue weighted by Crippen LogP contribution is 2.24. The third-order valence-electron chi connectivity index (χ3n) is 5.00. The Kier molecular flexibility index (Phi) is 7.26. The maximum Gasteiger partial charge on any atom is 0.410 e. The van der Waals surface area contributed by atoms with Crippen LogP contribution in [-0.4, -0.2) is 60.9 Å². The number of ether oxygens (including phenoxy) is 1. The van der Waals surface area contributed by atoms with Gasteiger partial charge in [0.05, 0.1) is 10.6 Å². The van der Waals surface area contributed by atoms with Crippen molar-refractivity contribution in [3.8, 4) is 0 Å². The fraction of sp³-hybridized carbons (Fsp3) is 0.435. The smallest absolute Gasteiger partial charge is 0.410 e. The lowest BCUT2D eigenvalue weighted by molar-refractivity contribution is 0.0270. The van der Waals surface area contributed by atoms with Gasteiger partial charge in [0.2, 0.25) is 5.95 Å². The molecule has 2 aromatic rings. The number of benzene rings is 1. The zero-order valence-corrected chi connectivity index (χ0v) is 20.3. The summed E-state index contributed by atoms with van der Waals surface area (Å²) in [7, 11) is -3.20. The molecule has 1 amide bonds. The number of hydrogen-bond donors (Lipinski definition) is 2. The van der Waals surface area contributed by atoms with Crippen LogP contribution in [0.4, 0.5) is 16.6 Å². The van der Waals surface area contributed by atoms with Crippen molar-refractivity contribution in [3.05, 3.63) is 47.7 Å². The summed E-state index contributed by atoms with van der Waals surface area (Å²) in [6.45, 7) is 7.12. The molecule has 0 radical (unpaired) electrons. The Hall–Kier alpha value is -3.14. The van der Waals surface area contributed by atoms with Crippen LogP contribution in [0.1, 0.15) is 38.4 Å². The van der Waals surface area contributed by atoms with Crippen LogP contribution in [0.15, 0.2) is 41.3 Å². The number of carbonyl (C=O) groups is 1. The van der Waals surface area contributed by atoms with Crippen LogP contribution in [-0.2, 0) is 21.0 Å². The summed E-state index contributed by atoms with van der Waals surface area (Å²) >= 11 is 0. The first kappa shape index (κ1) is 24.5. The number of rotatable bonds is 6. The summed E-state index contributed by atoms with van der Waals surface area (Å²) in [6, 6.07) is 8.68. The number of nitrogen functional groups attached to an aromatic ring is 1. The van der Waals surface area contributed by atoms with Gasteiger partial charge in [-0.3, -0.25) is 0 Å². The van der Waals surface area contributed by atoms with Gasteiger partial charge < -0.3 is 20.7 Å². The molecule has 0 saturated carbocycles. The Bertz CT molecular complexity index is 1140. The topological polar surface area (TPSA) is 128 Å². The van der Waals surface area contributed by atoms with Crippen molar-refractivity contribution in [1.82, 2.24) is 14.9 Å². The third kappa shape index (κ3) is 7.18. The lowest BCUT2D eigenvalue weighted by Gasteiger charge is -2.29. The van der Waals surface area contributed by atoms with Crippen LogP contribution in [0, 0.1) is 0 Å². The molecule has 0 unspecified atom stereocenters. The van der Waals surface area contributed by atoms with Crippen molar-refractivity contribution < 1.29 is 17.9 Å². The molecule has 0 fully saturated rings. The maximum atomic E-state index is 12.3. The normalized spacial score (nSPS) is 14.5. The SMILES string of the molecule is CC(C)(C)OC(=O)N1CC=C(c2cc(NCCc3ccc(S(C)(=O)=O)cc3)nc(N)n2)CC1. The molecule has 9 nitrogen and oxygen atoms in total. The fourth-order valence-corrected chi connectivity index (χ4v) is 3.98. The van der Waals surface area contributed by atoms with Crippen LogP contribution in [0.2, 0.25) is 0 Å². The highest BCUT2D eigenvalue weighted by atomic mass is 32.2. The van der Waals surface area contributed by atoms with Gasteiger partial charge >= 0.3 is 6.09 Å². The molecule has 178 valence electrons. The Morgan fingerprint density at radius 1 is 1.21 bits per heavy atom. The minimum absolute atomic E-state index is 0.169. The van der Waals surface area contributed by atoms with E-state index in [2.05, 4.69) is 15.3 Å². The number of nitrogens with zero attached hydrogens (tertiary/aromatic N) is 3. The molecule has 0 atom stereocenters. The van der Waals surface area contributed by atoms with Gasteiger partial charge in [0.1, 0.15) is 11.4 Å². The first-order chi connectivity index (χ1) is 15.4. The number of amides is 1. The standard InChI is InChI=1S/C23H31N5O4S/c1-23(2,3)32-22(29)28-13-10-17(11-14-28)19-15-20(27-21(24)26-19)25-12-9-16-5-7-18(8-6-16)33(4,30)31/h5-8,10,15H,9,11-14H2,1-4H3,(H3,24,25,26,27). The molecular formula is C23H31N5O4S. The average Bonchev–Trinajstić information content (AvgIpc) is 2.72. The van der Waals surface area contributed by atoms with Gasteiger partial charge in [-0.1, -0.05) is 18.2 Å². The summed E-state index contributed by atoms with van der Waals surface area (Å²) in [5.41, 5.74) is 8.13. The van der Waals surface area contributed by atoms with E-state index >= 15 is 0 Å². The number of carbonyl (C=O) groups excluding carboxylic acids is 1. The third-order valence-corrected chi connectivity index (χ3v) is 6.13. The van der Waals surface area contributed by atoms with Crippen molar-refractivity contribution in [2.24, 2.45) is 0 Å². The average molecular weight is 474 g/mol. The van der Waals surface area contributed by atoms with Crippen LogP contribution < -0.4 is 11.1 Å². The van der Waals surface area contributed by atoms with Gasteiger partial charge in [0.25, 0.3) is 0 Å².